The van der Waals surface area contributed by atoms with Crippen LogP contribution in [0, 0.1) is 0 Å². The predicted molar refractivity (Wildman–Crippen MR) is 53.9 cm³/mol. The van der Waals surface area contributed by atoms with E-state index < -0.39 is 12.6 Å². The standard InChI is InChI=1S/C10H20F3NO/c1-3-4-9(2)14-6-8-15-7-5-10(11,12)13/h9,14H,3-8H2,1-2H3. The second-order valence-corrected chi connectivity index (χ2v) is 3.62. The van der Waals surface area contributed by atoms with Crippen LogP contribution in [0.1, 0.15) is 33.1 Å². The average molecular weight is 227 g/mol. The van der Waals surface area contributed by atoms with Crippen molar-refractivity contribution in [2.45, 2.75) is 45.3 Å². The second-order valence-electron chi connectivity index (χ2n) is 3.62. The van der Waals surface area contributed by atoms with Crippen LogP contribution in [0.2, 0.25) is 0 Å². The van der Waals surface area contributed by atoms with Crippen LogP contribution >= 0.6 is 0 Å². The molecule has 1 N–H and O–H groups in total. The van der Waals surface area contributed by atoms with E-state index in [1.165, 1.54) is 0 Å². The first-order chi connectivity index (χ1) is 6.95. The molecule has 0 amide bonds. The molecular weight excluding hydrogens is 207 g/mol. The van der Waals surface area contributed by atoms with Gasteiger partial charge in [-0.3, -0.25) is 0 Å². The Morgan fingerprint density at radius 1 is 1.27 bits per heavy atom. The molecular formula is C10H20F3NO. The van der Waals surface area contributed by atoms with Crippen molar-refractivity contribution >= 4 is 0 Å². The molecule has 0 saturated heterocycles. The number of hydrogen-bond acceptors (Lipinski definition) is 2. The van der Waals surface area contributed by atoms with Gasteiger partial charge in [-0.1, -0.05) is 13.3 Å². The molecule has 1 unspecified atom stereocenters. The summed E-state index contributed by atoms with van der Waals surface area (Å²) in [6.45, 7) is 4.85. The fourth-order valence-electron chi connectivity index (χ4n) is 1.20. The summed E-state index contributed by atoms with van der Waals surface area (Å²) in [6, 6.07) is 0.404. The quantitative estimate of drug-likeness (QED) is 0.644. The van der Waals surface area contributed by atoms with Gasteiger partial charge in [-0.15, -0.1) is 0 Å². The highest BCUT2D eigenvalue weighted by Crippen LogP contribution is 2.18. The van der Waals surface area contributed by atoms with Crippen LogP contribution in [0.3, 0.4) is 0 Å². The smallest absolute Gasteiger partial charge is 0.380 e. The first kappa shape index (κ1) is 14.7. The van der Waals surface area contributed by atoms with Crippen molar-refractivity contribution in [2.24, 2.45) is 0 Å². The van der Waals surface area contributed by atoms with Crippen LogP contribution in [-0.4, -0.2) is 32.0 Å². The van der Waals surface area contributed by atoms with E-state index in [1.807, 2.05) is 0 Å². The largest absolute Gasteiger partial charge is 0.391 e. The van der Waals surface area contributed by atoms with Crippen molar-refractivity contribution in [2.75, 3.05) is 19.8 Å². The topological polar surface area (TPSA) is 21.3 Å². The fourth-order valence-corrected chi connectivity index (χ4v) is 1.20. The lowest BCUT2D eigenvalue weighted by Crippen LogP contribution is -2.29. The van der Waals surface area contributed by atoms with Crippen molar-refractivity contribution in [1.82, 2.24) is 5.32 Å². The Balaban J connectivity index is 3.18. The average Bonchev–Trinajstić information content (AvgIpc) is 2.09. The maximum Gasteiger partial charge on any atom is 0.391 e. The van der Waals surface area contributed by atoms with Gasteiger partial charge in [0.25, 0.3) is 0 Å². The van der Waals surface area contributed by atoms with Crippen LogP contribution in [-0.2, 0) is 4.74 Å². The zero-order valence-electron chi connectivity index (χ0n) is 9.36. The van der Waals surface area contributed by atoms with E-state index in [2.05, 4.69) is 19.2 Å². The number of nitrogens with one attached hydrogen (secondary N) is 1. The lowest BCUT2D eigenvalue weighted by Gasteiger charge is -2.12. The molecule has 2 nitrogen and oxygen atoms in total. The Hall–Kier alpha value is -0.290. The maximum absolute atomic E-state index is 11.7. The van der Waals surface area contributed by atoms with E-state index >= 15 is 0 Å². The molecule has 0 aliphatic rings. The normalized spacial score (nSPS) is 14.2. The zero-order valence-corrected chi connectivity index (χ0v) is 9.36. The van der Waals surface area contributed by atoms with Gasteiger partial charge in [0.1, 0.15) is 0 Å². The van der Waals surface area contributed by atoms with E-state index in [9.17, 15) is 13.2 Å². The zero-order chi connectivity index (χ0) is 11.7. The molecule has 0 spiro atoms. The first-order valence-corrected chi connectivity index (χ1v) is 5.33. The Morgan fingerprint density at radius 2 is 1.93 bits per heavy atom. The number of alkyl halides is 3. The van der Waals surface area contributed by atoms with E-state index in [0.717, 1.165) is 12.8 Å². The van der Waals surface area contributed by atoms with Gasteiger partial charge in [0.2, 0.25) is 0 Å². The number of hydrogen-bond donors (Lipinski definition) is 1. The van der Waals surface area contributed by atoms with Crippen molar-refractivity contribution < 1.29 is 17.9 Å². The molecule has 1 atom stereocenters. The van der Waals surface area contributed by atoms with Gasteiger partial charge >= 0.3 is 6.18 Å². The Morgan fingerprint density at radius 3 is 2.47 bits per heavy atom. The van der Waals surface area contributed by atoms with Gasteiger partial charge < -0.3 is 10.1 Å². The molecule has 0 rings (SSSR count). The molecule has 0 aromatic heterocycles. The SMILES string of the molecule is CCCC(C)NCCOCCC(F)(F)F. The highest BCUT2D eigenvalue weighted by atomic mass is 19.4. The van der Waals surface area contributed by atoms with Gasteiger partial charge in [0.15, 0.2) is 0 Å². The molecule has 0 radical (unpaired) electrons. The minimum Gasteiger partial charge on any atom is -0.380 e. The molecule has 0 aromatic rings. The lowest BCUT2D eigenvalue weighted by molar-refractivity contribution is -0.145. The van der Waals surface area contributed by atoms with Crippen molar-refractivity contribution in [3.8, 4) is 0 Å². The minimum absolute atomic E-state index is 0.243. The van der Waals surface area contributed by atoms with Gasteiger partial charge in [0.05, 0.1) is 19.6 Å². The molecule has 0 heterocycles. The number of rotatable bonds is 8. The highest BCUT2D eigenvalue weighted by molar-refractivity contribution is 4.58. The van der Waals surface area contributed by atoms with Gasteiger partial charge in [0, 0.05) is 12.6 Å². The van der Waals surface area contributed by atoms with Gasteiger partial charge in [-0.05, 0) is 13.3 Å². The first-order valence-electron chi connectivity index (χ1n) is 5.33. The Bertz CT molecular complexity index is 150. The molecule has 0 aromatic carbocycles. The third-order valence-electron chi connectivity index (χ3n) is 1.99. The Labute approximate surface area is 89.2 Å². The fraction of sp³-hybridized carbons (Fsp3) is 1.00. The van der Waals surface area contributed by atoms with Crippen LogP contribution in [0.25, 0.3) is 0 Å². The summed E-state index contributed by atoms with van der Waals surface area (Å²) in [7, 11) is 0. The molecule has 15 heavy (non-hydrogen) atoms. The molecule has 5 heteroatoms. The van der Waals surface area contributed by atoms with E-state index in [4.69, 9.17) is 4.74 Å². The van der Waals surface area contributed by atoms with Crippen molar-refractivity contribution in [1.29, 1.82) is 0 Å². The third kappa shape index (κ3) is 11.6. The summed E-state index contributed by atoms with van der Waals surface area (Å²) < 4.78 is 39.9. The summed E-state index contributed by atoms with van der Waals surface area (Å²) in [5.41, 5.74) is 0. The summed E-state index contributed by atoms with van der Waals surface area (Å²) >= 11 is 0. The van der Waals surface area contributed by atoms with Crippen LogP contribution in [0.5, 0.6) is 0 Å². The molecule has 0 saturated carbocycles. The van der Waals surface area contributed by atoms with Crippen LogP contribution < -0.4 is 5.32 Å². The summed E-state index contributed by atoms with van der Waals surface area (Å²) in [6.07, 6.45) is -2.80. The third-order valence-corrected chi connectivity index (χ3v) is 1.99. The Kier molecular flexibility index (Phi) is 7.78. The monoisotopic (exact) mass is 227 g/mol. The van der Waals surface area contributed by atoms with Crippen LogP contribution in [0.4, 0.5) is 13.2 Å². The molecule has 0 fully saturated rings. The van der Waals surface area contributed by atoms with Gasteiger partial charge in [-0.25, -0.2) is 0 Å². The van der Waals surface area contributed by atoms with E-state index in [1.54, 1.807) is 0 Å². The predicted octanol–water partition coefficient (Wildman–Crippen LogP) is 2.73. The summed E-state index contributed by atoms with van der Waals surface area (Å²) in [4.78, 5) is 0. The molecule has 0 bridgehead atoms. The van der Waals surface area contributed by atoms with Crippen molar-refractivity contribution in [3.63, 3.8) is 0 Å². The van der Waals surface area contributed by atoms with Crippen LogP contribution in [0.15, 0.2) is 0 Å². The van der Waals surface area contributed by atoms with Crippen molar-refractivity contribution in [3.05, 3.63) is 0 Å². The molecule has 0 aliphatic heterocycles. The lowest BCUT2D eigenvalue weighted by atomic mass is 10.2. The minimum atomic E-state index is -4.11. The van der Waals surface area contributed by atoms with E-state index in [-0.39, 0.29) is 6.61 Å². The number of halogens is 3. The van der Waals surface area contributed by atoms with E-state index in [0.29, 0.717) is 19.2 Å². The summed E-state index contributed by atoms with van der Waals surface area (Å²) in [5, 5.41) is 3.17. The number of ether oxygens (including phenoxy) is 1. The molecule has 92 valence electrons. The maximum atomic E-state index is 11.7. The van der Waals surface area contributed by atoms with Gasteiger partial charge in [-0.2, -0.15) is 13.2 Å². The summed E-state index contributed by atoms with van der Waals surface area (Å²) in [5.74, 6) is 0. The second kappa shape index (κ2) is 7.93. The molecule has 0 aliphatic carbocycles. The highest BCUT2D eigenvalue weighted by Gasteiger charge is 2.26.